The Kier molecular flexibility index (Phi) is 8.96. The van der Waals surface area contributed by atoms with Gasteiger partial charge < -0.3 is 20.7 Å². The predicted molar refractivity (Wildman–Crippen MR) is 110 cm³/mol. The largest absolute Gasteiger partial charge is 0.379 e. The molecule has 0 aliphatic carbocycles. The number of ether oxygens (including phenoxy) is 1. The van der Waals surface area contributed by atoms with Gasteiger partial charge in [0.05, 0.1) is 24.4 Å². The third-order valence-electron chi connectivity index (χ3n) is 4.64. The summed E-state index contributed by atoms with van der Waals surface area (Å²) >= 11 is 1.36. The number of aliphatic imine (C=N–C) groups is 1. The van der Waals surface area contributed by atoms with Crippen LogP contribution in [0.4, 0.5) is 0 Å². The minimum atomic E-state index is -0.0769. The van der Waals surface area contributed by atoms with Crippen LogP contribution in [0.5, 0.6) is 0 Å². The summed E-state index contributed by atoms with van der Waals surface area (Å²) in [4.78, 5) is 23.6. The van der Waals surface area contributed by atoms with Crippen molar-refractivity contribution in [2.24, 2.45) is 10.9 Å². The van der Waals surface area contributed by atoms with Gasteiger partial charge in [-0.1, -0.05) is 13.8 Å². The molecule has 152 valence electrons. The van der Waals surface area contributed by atoms with E-state index in [4.69, 9.17) is 4.74 Å². The SMILES string of the molecule is CN=C(NCCNC(=O)c1scnc1C)NCC(C(C)C)N1CCOCC1. The van der Waals surface area contributed by atoms with Crippen molar-refractivity contribution in [3.8, 4) is 0 Å². The molecule has 0 radical (unpaired) electrons. The van der Waals surface area contributed by atoms with Crippen LogP contribution >= 0.6 is 11.3 Å². The highest BCUT2D eigenvalue weighted by atomic mass is 32.1. The lowest BCUT2D eigenvalue weighted by molar-refractivity contribution is 0.00752. The summed E-state index contributed by atoms with van der Waals surface area (Å²) in [5, 5.41) is 9.56. The fourth-order valence-electron chi connectivity index (χ4n) is 3.07. The number of aromatic nitrogens is 1. The summed E-state index contributed by atoms with van der Waals surface area (Å²) in [6.45, 7) is 11.8. The number of hydrogen-bond donors (Lipinski definition) is 3. The molecule has 2 heterocycles. The van der Waals surface area contributed by atoms with Crippen LogP contribution in [0.25, 0.3) is 0 Å². The first kappa shape index (κ1) is 21.6. The molecule has 0 spiro atoms. The fourth-order valence-corrected chi connectivity index (χ4v) is 3.79. The van der Waals surface area contributed by atoms with Crippen LogP contribution in [0.15, 0.2) is 10.5 Å². The zero-order valence-electron chi connectivity index (χ0n) is 16.7. The number of rotatable bonds is 8. The maximum Gasteiger partial charge on any atom is 0.263 e. The zero-order chi connectivity index (χ0) is 19.6. The summed E-state index contributed by atoms with van der Waals surface area (Å²) in [6, 6.07) is 0.432. The number of aryl methyl sites for hydroxylation is 1. The highest BCUT2D eigenvalue weighted by Gasteiger charge is 2.23. The summed E-state index contributed by atoms with van der Waals surface area (Å²) in [7, 11) is 1.76. The minimum Gasteiger partial charge on any atom is -0.379 e. The van der Waals surface area contributed by atoms with E-state index in [1.807, 2.05) is 6.92 Å². The molecule has 1 saturated heterocycles. The van der Waals surface area contributed by atoms with Gasteiger partial charge in [-0.2, -0.15) is 0 Å². The van der Waals surface area contributed by atoms with Crippen molar-refractivity contribution in [2.75, 3.05) is 53.0 Å². The van der Waals surface area contributed by atoms with Crippen molar-refractivity contribution in [2.45, 2.75) is 26.8 Å². The first-order chi connectivity index (χ1) is 13.0. The normalized spacial score (nSPS) is 17.0. The van der Waals surface area contributed by atoms with E-state index in [2.05, 4.69) is 44.7 Å². The number of carbonyl (C=O) groups excluding carboxylic acids is 1. The molecule has 1 aliphatic heterocycles. The molecule has 1 aromatic heterocycles. The Morgan fingerprint density at radius 1 is 1.30 bits per heavy atom. The molecule has 2 rings (SSSR count). The number of hydrogen-bond acceptors (Lipinski definition) is 6. The minimum absolute atomic E-state index is 0.0769. The highest BCUT2D eigenvalue weighted by Crippen LogP contribution is 2.12. The second-order valence-corrected chi connectivity index (χ2v) is 7.72. The van der Waals surface area contributed by atoms with E-state index >= 15 is 0 Å². The second-order valence-electron chi connectivity index (χ2n) is 6.86. The van der Waals surface area contributed by atoms with Crippen LogP contribution < -0.4 is 16.0 Å². The van der Waals surface area contributed by atoms with Gasteiger partial charge in [-0.15, -0.1) is 11.3 Å². The number of thiazole rings is 1. The van der Waals surface area contributed by atoms with Crippen molar-refractivity contribution >= 4 is 23.2 Å². The van der Waals surface area contributed by atoms with Crippen LogP contribution in [-0.4, -0.2) is 80.8 Å². The number of nitrogens with zero attached hydrogens (tertiary/aromatic N) is 3. The molecule has 3 N–H and O–H groups in total. The molecule has 0 saturated carbocycles. The first-order valence-electron chi connectivity index (χ1n) is 9.47. The topological polar surface area (TPSA) is 90.9 Å². The summed E-state index contributed by atoms with van der Waals surface area (Å²) < 4.78 is 5.46. The average molecular weight is 397 g/mol. The molecule has 1 atom stereocenters. The molecule has 1 aromatic rings. The summed E-state index contributed by atoms with van der Waals surface area (Å²) in [5.74, 6) is 1.21. The fraction of sp³-hybridized carbons (Fsp3) is 0.722. The van der Waals surface area contributed by atoms with Gasteiger partial charge in [-0.05, 0) is 12.8 Å². The van der Waals surface area contributed by atoms with Crippen LogP contribution in [0.3, 0.4) is 0 Å². The molecule has 9 heteroatoms. The van der Waals surface area contributed by atoms with Gasteiger partial charge in [0.25, 0.3) is 5.91 Å². The Labute approximate surface area is 165 Å². The van der Waals surface area contributed by atoms with Crippen molar-refractivity contribution in [1.29, 1.82) is 0 Å². The number of amides is 1. The number of carbonyl (C=O) groups is 1. The van der Waals surface area contributed by atoms with Gasteiger partial charge in [-0.3, -0.25) is 14.7 Å². The van der Waals surface area contributed by atoms with Crippen molar-refractivity contribution in [3.05, 3.63) is 16.1 Å². The molecule has 1 unspecified atom stereocenters. The smallest absolute Gasteiger partial charge is 0.263 e. The van der Waals surface area contributed by atoms with Crippen LogP contribution in [0.1, 0.15) is 29.2 Å². The Morgan fingerprint density at radius 3 is 2.59 bits per heavy atom. The van der Waals surface area contributed by atoms with Crippen LogP contribution in [-0.2, 0) is 4.74 Å². The third kappa shape index (κ3) is 6.75. The maximum absolute atomic E-state index is 12.1. The highest BCUT2D eigenvalue weighted by molar-refractivity contribution is 7.11. The molecule has 1 aliphatic rings. The number of guanidine groups is 1. The molecular formula is C18H32N6O2S. The Bertz CT molecular complexity index is 613. The van der Waals surface area contributed by atoms with Gasteiger partial charge in [0.1, 0.15) is 4.88 Å². The van der Waals surface area contributed by atoms with E-state index in [0.717, 1.165) is 44.5 Å². The van der Waals surface area contributed by atoms with Gasteiger partial charge >= 0.3 is 0 Å². The first-order valence-corrected chi connectivity index (χ1v) is 10.4. The summed E-state index contributed by atoms with van der Waals surface area (Å²) in [5.41, 5.74) is 2.46. The third-order valence-corrected chi connectivity index (χ3v) is 5.57. The second kappa shape index (κ2) is 11.2. The van der Waals surface area contributed by atoms with Gasteiger partial charge in [0.15, 0.2) is 5.96 Å². The average Bonchev–Trinajstić information content (AvgIpc) is 3.10. The monoisotopic (exact) mass is 396 g/mol. The lowest BCUT2D eigenvalue weighted by atomic mass is 10.0. The molecule has 27 heavy (non-hydrogen) atoms. The van der Waals surface area contributed by atoms with E-state index in [1.165, 1.54) is 11.3 Å². The molecule has 1 amide bonds. The lowest BCUT2D eigenvalue weighted by Crippen LogP contribution is -2.53. The van der Waals surface area contributed by atoms with Crippen LogP contribution in [0, 0.1) is 12.8 Å². The van der Waals surface area contributed by atoms with E-state index in [0.29, 0.717) is 29.9 Å². The van der Waals surface area contributed by atoms with E-state index < -0.39 is 0 Å². The summed E-state index contributed by atoms with van der Waals surface area (Å²) in [6.07, 6.45) is 0. The Hall–Kier alpha value is -1.71. The lowest BCUT2D eigenvalue weighted by Gasteiger charge is -2.37. The Balaban J connectivity index is 1.71. The van der Waals surface area contributed by atoms with Gasteiger partial charge in [0.2, 0.25) is 0 Å². The van der Waals surface area contributed by atoms with E-state index in [9.17, 15) is 4.79 Å². The maximum atomic E-state index is 12.1. The number of morpholine rings is 1. The zero-order valence-corrected chi connectivity index (χ0v) is 17.6. The standard InChI is InChI=1S/C18H32N6O2S/c1-13(2)15(24-7-9-26-10-8-24)11-22-18(19-4)21-6-5-20-17(25)16-14(3)23-12-27-16/h12-13,15H,5-11H2,1-4H3,(H,20,25)(H2,19,21,22). The van der Waals surface area contributed by atoms with Crippen molar-refractivity contribution in [1.82, 2.24) is 25.8 Å². The van der Waals surface area contributed by atoms with Gasteiger partial charge in [0, 0.05) is 45.8 Å². The molecule has 0 aromatic carbocycles. The quantitative estimate of drug-likeness (QED) is 0.340. The van der Waals surface area contributed by atoms with E-state index in [1.54, 1.807) is 12.6 Å². The van der Waals surface area contributed by atoms with E-state index in [-0.39, 0.29) is 5.91 Å². The Morgan fingerprint density at radius 2 is 2.00 bits per heavy atom. The van der Waals surface area contributed by atoms with Crippen LogP contribution in [0.2, 0.25) is 0 Å². The molecular weight excluding hydrogens is 364 g/mol. The predicted octanol–water partition coefficient (Wildman–Crippen LogP) is 0.703. The molecule has 8 nitrogen and oxygen atoms in total. The van der Waals surface area contributed by atoms with Gasteiger partial charge in [-0.25, -0.2) is 4.98 Å². The van der Waals surface area contributed by atoms with Crippen molar-refractivity contribution < 1.29 is 9.53 Å². The van der Waals surface area contributed by atoms with Crippen molar-refractivity contribution in [3.63, 3.8) is 0 Å². The number of nitrogens with one attached hydrogen (secondary N) is 3. The molecule has 0 bridgehead atoms. The molecule has 1 fully saturated rings.